The third-order valence-corrected chi connectivity index (χ3v) is 2.83. The first-order valence-corrected chi connectivity index (χ1v) is 5.98. The summed E-state index contributed by atoms with van der Waals surface area (Å²) in [7, 11) is 1.87. The quantitative estimate of drug-likeness (QED) is 0.797. The van der Waals surface area contributed by atoms with Crippen LogP contribution in [0.15, 0.2) is 18.2 Å². The smallest absolute Gasteiger partial charge is 0.307 e. The van der Waals surface area contributed by atoms with Gasteiger partial charge in [-0.15, -0.1) is 0 Å². The van der Waals surface area contributed by atoms with E-state index in [1.807, 2.05) is 14.0 Å². The van der Waals surface area contributed by atoms with Crippen molar-refractivity contribution >= 4 is 5.97 Å². The van der Waals surface area contributed by atoms with Crippen molar-refractivity contribution in [1.82, 2.24) is 5.32 Å². The van der Waals surface area contributed by atoms with Gasteiger partial charge in [0.15, 0.2) is 0 Å². The zero-order chi connectivity index (χ0) is 12.8. The standard InChI is InChI=1S/C14H21NO2/c1-5-17-14(16)9-13(15-4)12-8-10(2)6-7-11(12)3/h6-8,13,15H,5,9H2,1-4H3. The average Bonchev–Trinajstić information content (AvgIpc) is 2.30. The number of hydrogen-bond donors (Lipinski definition) is 1. The number of carbonyl (C=O) groups excluding carboxylic acids is 1. The minimum absolute atomic E-state index is 0.0222. The van der Waals surface area contributed by atoms with E-state index in [9.17, 15) is 4.79 Å². The first-order valence-electron chi connectivity index (χ1n) is 5.98. The number of hydrogen-bond acceptors (Lipinski definition) is 3. The number of ether oxygens (including phenoxy) is 1. The van der Waals surface area contributed by atoms with Crippen LogP contribution in [0.25, 0.3) is 0 Å². The Kier molecular flexibility index (Phi) is 5.16. The van der Waals surface area contributed by atoms with E-state index in [0.717, 1.165) is 0 Å². The third kappa shape index (κ3) is 3.86. The zero-order valence-corrected chi connectivity index (χ0v) is 11.0. The number of benzene rings is 1. The molecule has 0 bridgehead atoms. The third-order valence-electron chi connectivity index (χ3n) is 2.83. The highest BCUT2D eigenvalue weighted by atomic mass is 16.5. The molecule has 1 rings (SSSR count). The molecule has 0 aliphatic heterocycles. The molecule has 17 heavy (non-hydrogen) atoms. The lowest BCUT2D eigenvalue weighted by Gasteiger charge is -2.18. The van der Waals surface area contributed by atoms with Crippen LogP contribution in [0.5, 0.6) is 0 Å². The van der Waals surface area contributed by atoms with Crippen LogP contribution < -0.4 is 5.32 Å². The second kappa shape index (κ2) is 6.40. The average molecular weight is 235 g/mol. The van der Waals surface area contributed by atoms with Crippen LogP contribution >= 0.6 is 0 Å². The molecule has 0 amide bonds. The maximum atomic E-state index is 11.5. The van der Waals surface area contributed by atoms with E-state index in [0.29, 0.717) is 13.0 Å². The van der Waals surface area contributed by atoms with Crippen LogP contribution in [0, 0.1) is 13.8 Å². The van der Waals surface area contributed by atoms with E-state index in [2.05, 4.69) is 37.4 Å². The molecule has 3 nitrogen and oxygen atoms in total. The van der Waals surface area contributed by atoms with E-state index in [1.54, 1.807) is 0 Å². The second-order valence-electron chi connectivity index (χ2n) is 4.21. The number of rotatable bonds is 5. The van der Waals surface area contributed by atoms with Gasteiger partial charge in [-0.3, -0.25) is 4.79 Å². The number of esters is 1. The van der Waals surface area contributed by atoms with Crippen molar-refractivity contribution in [1.29, 1.82) is 0 Å². The largest absolute Gasteiger partial charge is 0.466 e. The molecule has 1 aromatic carbocycles. The number of nitrogens with one attached hydrogen (secondary N) is 1. The van der Waals surface area contributed by atoms with E-state index in [-0.39, 0.29) is 12.0 Å². The summed E-state index contributed by atoms with van der Waals surface area (Å²) >= 11 is 0. The molecular formula is C14H21NO2. The highest BCUT2D eigenvalue weighted by Crippen LogP contribution is 2.22. The van der Waals surface area contributed by atoms with Crippen LogP contribution in [0.3, 0.4) is 0 Å². The summed E-state index contributed by atoms with van der Waals surface area (Å²) in [6, 6.07) is 6.31. The topological polar surface area (TPSA) is 38.3 Å². The maximum absolute atomic E-state index is 11.5. The Bertz CT molecular complexity index is 388. The lowest BCUT2D eigenvalue weighted by molar-refractivity contribution is -0.143. The van der Waals surface area contributed by atoms with Gasteiger partial charge in [-0.25, -0.2) is 0 Å². The lowest BCUT2D eigenvalue weighted by Crippen LogP contribution is -2.22. The summed E-state index contributed by atoms with van der Waals surface area (Å²) in [5, 5.41) is 3.17. The normalized spacial score (nSPS) is 12.2. The second-order valence-corrected chi connectivity index (χ2v) is 4.21. The Morgan fingerprint density at radius 2 is 2.12 bits per heavy atom. The Morgan fingerprint density at radius 3 is 2.71 bits per heavy atom. The number of aryl methyl sites for hydroxylation is 2. The van der Waals surface area contributed by atoms with Gasteiger partial charge in [-0.2, -0.15) is 0 Å². The van der Waals surface area contributed by atoms with E-state index >= 15 is 0 Å². The Morgan fingerprint density at radius 1 is 1.41 bits per heavy atom. The first kappa shape index (κ1) is 13.7. The van der Waals surface area contributed by atoms with Gasteiger partial charge in [0.05, 0.1) is 13.0 Å². The summed E-state index contributed by atoms with van der Waals surface area (Å²) in [5.74, 6) is -0.159. The van der Waals surface area contributed by atoms with Gasteiger partial charge in [0, 0.05) is 6.04 Å². The van der Waals surface area contributed by atoms with Crippen LogP contribution in [0.2, 0.25) is 0 Å². The molecule has 0 fully saturated rings. The van der Waals surface area contributed by atoms with E-state index in [4.69, 9.17) is 4.74 Å². The molecule has 0 aliphatic rings. The monoisotopic (exact) mass is 235 g/mol. The Labute approximate surface area is 103 Å². The summed E-state index contributed by atoms with van der Waals surface area (Å²) < 4.78 is 4.99. The first-order chi connectivity index (χ1) is 8.08. The van der Waals surface area contributed by atoms with Crippen LogP contribution in [-0.4, -0.2) is 19.6 Å². The maximum Gasteiger partial charge on any atom is 0.307 e. The molecule has 3 heteroatoms. The summed E-state index contributed by atoms with van der Waals surface area (Å²) in [5.41, 5.74) is 3.56. The van der Waals surface area contributed by atoms with Crippen molar-refractivity contribution in [2.75, 3.05) is 13.7 Å². The molecule has 1 N–H and O–H groups in total. The zero-order valence-electron chi connectivity index (χ0n) is 11.0. The Balaban J connectivity index is 2.85. The fourth-order valence-electron chi connectivity index (χ4n) is 1.89. The molecule has 0 heterocycles. The van der Waals surface area contributed by atoms with Crippen LogP contribution in [-0.2, 0) is 9.53 Å². The van der Waals surface area contributed by atoms with Crippen molar-refractivity contribution < 1.29 is 9.53 Å². The van der Waals surface area contributed by atoms with Gasteiger partial charge < -0.3 is 10.1 Å². The van der Waals surface area contributed by atoms with Gasteiger partial charge >= 0.3 is 5.97 Å². The van der Waals surface area contributed by atoms with Crippen molar-refractivity contribution in [3.63, 3.8) is 0 Å². The minimum Gasteiger partial charge on any atom is -0.466 e. The Hall–Kier alpha value is -1.35. The SMILES string of the molecule is CCOC(=O)CC(NC)c1cc(C)ccc1C. The number of carbonyl (C=O) groups is 1. The lowest BCUT2D eigenvalue weighted by atomic mass is 9.97. The van der Waals surface area contributed by atoms with Gasteiger partial charge in [-0.1, -0.05) is 23.8 Å². The molecule has 0 aliphatic carbocycles. The highest BCUT2D eigenvalue weighted by molar-refractivity contribution is 5.70. The van der Waals surface area contributed by atoms with Gasteiger partial charge in [0.25, 0.3) is 0 Å². The summed E-state index contributed by atoms with van der Waals surface area (Å²) in [6.45, 7) is 6.37. The molecule has 1 unspecified atom stereocenters. The molecule has 0 radical (unpaired) electrons. The molecule has 94 valence electrons. The fourth-order valence-corrected chi connectivity index (χ4v) is 1.89. The van der Waals surface area contributed by atoms with Gasteiger partial charge in [0.2, 0.25) is 0 Å². The van der Waals surface area contributed by atoms with Crippen LogP contribution in [0.4, 0.5) is 0 Å². The van der Waals surface area contributed by atoms with Crippen molar-refractivity contribution in [3.05, 3.63) is 34.9 Å². The summed E-state index contributed by atoms with van der Waals surface area (Å²) in [4.78, 5) is 11.5. The van der Waals surface area contributed by atoms with E-state index < -0.39 is 0 Å². The van der Waals surface area contributed by atoms with Crippen molar-refractivity contribution in [2.24, 2.45) is 0 Å². The van der Waals surface area contributed by atoms with Crippen molar-refractivity contribution in [3.8, 4) is 0 Å². The predicted molar refractivity (Wildman–Crippen MR) is 69.0 cm³/mol. The molecule has 0 aromatic heterocycles. The van der Waals surface area contributed by atoms with E-state index in [1.165, 1.54) is 16.7 Å². The molecule has 0 spiro atoms. The predicted octanol–water partition coefficient (Wildman–Crippen LogP) is 2.52. The minimum atomic E-state index is -0.159. The van der Waals surface area contributed by atoms with Crippen LogP contribution in [0.1, 0.15) is 36.1 Å². The molecule has 1 atom stereocenters. The van der Waals surface area contributed by atoms with Gasteiger partial charge in [-0.05, 0) is 38.9 Å². The summed E-state index contributed by atoms with van der Waals surface area (Å²) in [6.07, 6.45) is 0.370. The molecule has 0 saturated carbocycles. The molecule has 0 saturated heterocycles. The fraction of sp³-hybridized carbons (Fsp3) is 0.500. The molecule has 1 aromatic rings. The van der Waals surface area contributed by atoms with Gasteiger partial charge in [0.1, 0.15) is 0 Å². The van der Waals surface area contributed by atoms with Crippen molar-refractivity contribution in [2.45, 2.75) is 33.2 Å². The molecular weight excluding hydrogens is 214 g/mol. The highest BCUT2D eigenvalue weighted by Gasteiger charge is 2.16.